The Bertz CT molecular complexity index is 1330. The number of amides is 1. The van der Waals surface area contributed by atoms with Crippen LogP contribution in [0.4, 0.5) is 20.6 Å². The molecular formula is C24H20FN3O5S. The number of halogens is 1. The summed E-state index contributed by atoms with van der Waals surface area (Å²) in [7, 11) is 0. The van der Waals surface area contributed by atoms with E-state index in [4.69, 9.17) is 14.4 Å². The predicted octanol–water partition coefficient (Wildman–Crippen LogP) is 5.83. The van der Waals surface area contributed by atoms with Crippen molar-refractivity contribution in [1.82, 2.24) is 10.1 Å². The van der Waals surface area contributed by atoms with Crippen molar-refractivity contribution in [3.8, 4) is 22.0 Å². The van der Waals surface area contributed by atoms with Gasteiger partial charge in [0.1, 0.15) is 27.9 Å². The number of rotatable bonds is 7. The standard InChI is InChI=1S/C24H20FN3O5S/c1-3-32-24(31)28(19-7-5-4-6-17(19)25)21-14(2)27-33-22(21)18-13-34-23(26-18)16-10-8-15(9-11-16)12-20(29)30/h4-11,13H,3,12H2,1-2H3,(H,29,30). The number of aliphatic carboxylic acids is 1. The van der Waals surface area contributed by atoms with E-state index in [0.717, 1.165) is 10.5 Å². The van der Waals surface area contributed by atoms with E-state index in [1.165, 1.54) is 29.5 Å². The van der Waals surface area contributed by atoms with Gasteiger partial charge in [-0.25, -0.2) is 19.1 Å². The maximum Gasteiger partial charge on any atom is 0.419 e. The SMILES string of the molecule is CCOC(=O)N(c1ccccc1F)c1c(C)noc1-c1csc(-c2ccc(CC(=O)O)cc2)n1. The van der Waals surface area contributed by atoms with Crippen molar-refractivity contribution in [3.63, 3.8) is 0 Å². The lowest BCUT2D eigenvalue weighted by molar-refractivity contribution is -0.136. The Labute approximate surface area is 198 Å². The molecule has 10 heteroatoms. The van der Waals surface area contributed by atoms with Crippen molar-refractivity contribution >= 4 is 34.8 Å². The first-order chi connectivity index (χ1) is 16.4. The predicted molar refractivity (Wildman–Crippen MR) is 125 cm³/mol. The number of para-hydroxylation sites is 1. The monoisotopic (exact) mass is 481 g/mol. The number of hydrogen-bond donors (Lipinski definition) is 1. The van der Waals surface area contributed by atoms with Gasteiger partial charge < -0.3 is 14.4 Å². The van der Waals surface area contributed by atoms with Crippen LogP contribution in [0.25, 0.3) is 22.0 Å². The van der Waals surface area contributed by atoms with Crippen molar-refractivity contribution in [1.29, 1.82) is 0 Å². The quantitative estimate of drug-likeness (QED) is 0.354. The number of nitrogens with zero attached hydrogens (tertiary/aromatic N) is 3. The number of hydrogen-bond acceptors (Lipinski definition) is 7. The van der Waals surface area contributed by atoms with E-state index in [2.05, 4.69) is 10.1 Å². The molecule has 0 saturated heterocycles. The van der Waals surface area contributed by atoms with E-state index >= 15 is 0 Å². The van der Waals surface area contributed by atoms with Gasteiger partial charge in [0.25, 0.3) is 0 Å². The lowest BCUT2D eigenvalue weighted by Gasteiger charge is -2.22. The fourth-order valence-corrected chi connectivity index (χ4v) is 4.18. The van der Waals surface area contributed by atoms with Gasteiger partial charge in [0.05, 0.1) is 18.7 Å². The fraction of sp³-hybridized carbons (Fsp3) is 0.167. The number of benzene rings is 2. The molecular weight excluding hydrogens is 461 g/mol. The lowest BCUT2D eigenvalue weighted by Crippen LogP contribution is -2.28. The van der Waals surface area contributed by atoms with E-state index in [1.54, 1.807) is 49.6 Å². The smallest absolute Gasteiger partial charge is 0.419 e. The molecule has 1 N–H and O–H groups in total. The molecule has 0 saturated carbocycles. The number of ether oxygens (including phenoxy) is 1. The van der Waals surface area contributed by atoms with Crippen molar-refractivity contribution in [2.75, 3.05) is 11.5 Å². The van der Waals surface area contributed by atoms with Crippen molar-refractivity contribution in [3.05, 3.63) is 71.0 Å². The van der Waals surface area contributed by atoms with Crippen LogP contribution < -0.4 is 4.90 Å². The molecule has 2 aromatic heterocycles. The van der Waals surface area contributed by atoms with Crippen LogP contribution >= 0.6 is 11.3 Å². The Morgan fingerprint density at radius 3 is 2.59 bits per heavy atom. The van der Waals surface area contributed by atoms with E-state index in [-0.39, 0.29) is 30.2 Å². The minimum atomic E-state index is -0.904. The molecule has 1 amide bonds. The van der Waals surface area contributed by atoms with Gasteiger partial charge in [0, 0.05) is 10.9 Å². The molecule has 0 radical (unpaired) electrons. The fourth-order valence-electron chi connectivity index (χ4n) is 3.38. The van der Waals surface area contributed by atoms with E-state index in [0.29, 0.717) is 22.0 Å². The zero-order valence-corrected chi connectivity index (χ0v) is 19.1. The number of carboxylic acid groups (broad SMARTS) is 1. The van der Waals surface area contributed by atoms with Crippen LogP contribution in [-0.4, -0.2) is 33.9 Å². The maximum atomic E-state index is 14.7. The molecule has 4 rings (SSSR count). The topological polar surface area (TPSA) is 106 Å². The molecule has 0 aliphatic carbocycles. The Kier molecular flexibility index (Phi) is 6.69. The summed E-state index contributed by atoms with van der Waals surface area (Å²) in [5, 5.41) is 15.3. The second kappa shape index (κ2) is 9.84. The summed E-state index contributed by atoms with van der Waals surface area (Å²) >= 11 is 1.34. The van der Waals surface area contributed by atoms with E-state index < -0.39 is 17.9 Å². The molecule has 2 aromatic carbocycles. The van der Waals surface area contributed by atoms with Crippen LogP contribution in [0.5, 0.6) is 0 Å². The summed E-state index contributed by atoms with van der Waals surface area (Å²) in [6.07, 6.45) is -0.839. The third-order valence-corrected chi connectivity index (χ3v) is 5.78. The normalized spacial score (nSPS) is 10.8. The molecule has 8 nitrogen and oxygen atoms in total. The number of thiazole rings is 1. The minimum absolute atomic E-state index is 0.00188. The molecule has 2 heterocycles. The number of aryl methyl sites for hydroxylation is 1. The van der Waals surface area contributed by atoms with Gasteiger partial charge in [-0.2, -0.15) is 0 Å². The molecule has 0 bridgehead atoms. The molecule has 0 aliphatic heterocycles. The Balaban J connectivity index is 1.74. The second-order valence-electron chi connectivity index (χ2n) is 7.24. The van der Waals surface area contributed by atoms with E-state index in [9.17, 15) is 14.0 Å². The van der Waals surface area contributed by atoms with Crippen LogP contribution in [0.1, 0.15) is 18.2 Å². The first-order valence-corrected chi connectivity index (χ1v) is 11.2. The summed E-state index contributed by atoms with van der Waals surface area (Å²) in [6.45, 7) is 3.40. The molecule has 0 fully saturated rings. The van der Waals surface area contributed by atoms with Crippen molar-refractivity contribution in [2.24, 2.45) is 0 Å². The van der Waals surface area contributed by atoms with Gasteiger partial charge in [0.2, 0.25) is 5.76 Å². The van der Waals surface area contributed by atoms with Crippen LogP contribution in [0.15, 0.2) is 58.4 Å². The zero-order valence-electron chi connectivity index (χ0n) is 18.3. The average Bonchev–Trinajstić information content (AvgIpc) is 3.43. The van der Waals surface area contributed by atoms with Crippen molar-refractivity contribution < 1.29 is 28.3 Å². The van der Waals surface area contributed by atoms with Crippen molar-refractivity contribution in [2.45, 2.75) is 20.3 Å². The second-order valence-corrected chi connectivity index (χ2v) is 8.09. The number of carbonyl (C=O) groups excluding carboxylic acids is 1. The van der Waals surface area contributed by atoms with Gasteiger partial charge in [0.15, 0.2) is 0 Å². The highest BCUT2D eigenvalue weighted by atomic mass is 32.1. The first kappa shape index (κ1) is 23.1. The molecule has 174 valence electrons. The van der Waals surface area contributed by atoms with Gasteiger partial charge in [-0.3, -0.25) is 4.79 Å². The van der Waals surface area contributed by atoms with Gasteiger partial charge in [-0.05, 0) is 31.5 Å². The molecule has 4 aromatic rings. The van der Waals surface area contributed by atoms with Crippen LogP contribution in [0, 0.1) is 12.7 Å². The molecule has 34 heavy (non-hydrogen) atoms. The number of aromatic nitrogens is 2. The maximum absolute atomic E-state index is 14.7. The van der Waals surface area contributed by atoms with Crippen LogP contribution in [0.2, 0.25) is 0 Å². The highest BCUT2D eigenvalue weighted by Gasteiger charge is 2.31. The van der Waals surface area contributed by atoms with E-state index in [1.807, 2.05) is 0 Å². The molecule has 0 spiro atoms. The zero-order chi connectivity index (χ0) is 24.2. The summed E-state index contributed by atoms with van der Waals surface area (Å²) in [4.78, 5) is 29.5. The number of carboxylic acids is 1. The highest BCUT2D eigenvalue weighted by molar-refractivity contribution is 7.13. The Hall–Kier alpha value is -4.05. The van der Waals surface area contributed by atoms with Gasteiger partial charge >= 0.3 is 12.1 Å². The number of anilines is 2. The first-order valence-electron chi connectivity index (χ1n) is 10.3. The largest absolute Gasteiger partial charge is 0.481 e. The average molecular weight is 482 g/mol. The Morgan fingerprint density at radius 2 is 1.91 bits per heavy atom. The molecule has 0 aliphatic rings. The van der Waals surface area contributed by atoms with Gasteiger partial charge in [-0.1, -0.05) is 41.6 Å². The van der Waals surface area contributed by atoms with Gasteiger partial charge in [-0.15, -0.1) is 11.3 Å². The number of carbonyl (C=O) groups is 2. The summed E-state index contributed by atoms with van der Waals surface area (Å²) in [5.41, 5.74) is 2.47. The highest BCUT2D eigenvalue weighted by Crippen LogP contribution is 2.40. The summed E-state index contributed by atoms with van der Waals surface area (Å²) in [5.74, 6) is -1.32. The minimum Gasteiger partial charge on any atom is -0.481 e. The van der Waals surface area contributed by atoms with Crippen LogP contribution in [-0.2, 0) is 16.0 Å². The molecule has 0 unspecified atom stereocenters. The van der Waals surface area contributed by atoms with Crippen LogP contribution in [0.3, 0.4) is 0 Å². The lowest BCUT2D eigenvalue weighted by atomic mass is 10.1. The molecule has 0 atom stereocenters. The Morgan fingerprint density at radius 1 is 1.18 bits per heavy atom. The third kappa shape index (κ3) is 4.67. The summed E-state index contributed by atoms with van der Waals surface area (Å²) in [6, 6.07) is 12.9. The third-order valence-electron chi connectivity index (χ3n) is 4.89. The summed E-state index contributed by atoms with van der Waals surface area (Å²) < 4.78 is 25.4.